The van der Waals surface area contributed by atoms with Gasteiger partial charge in [0.05, 0.1) is 0 Å². The lowest BCUT2D eigenvalue weighted by atomic mass is 10.2. The van der Waals surface area contributed by atoms with Crippen LogP contribution in [-0.4, -0.2) is 41.1 Å². The van der Waals surface area contributed by atoms with Crippen molar-refractivity contribution >= 4 is 17.9 Å². The molecule has 1 aliphatic rings. The number of aliphatic hydroxyl groups is 1. The SMILES string of the molecule is CC1=C[C@H](O)N(CCCCNC(=O)C=Cc2ccccc2)C1=O. The van der Waals surface area contributed by atoms with Crippen LogP contribution >= 0.6 is 0 Å². The molecule has 1 aliphatic heterocycles. The summed E-state index contributed by atoms with van der Waals surface area (Å²) in [6.07, 6.45) is 5.50. The number of nitrogens with one attached hydrogen (secondary N) is 1. The van der Waals surface area contributed by atoms with Crippen LogP contribution in [0.2, 0.25) is 0 Å². The Kier molecular flexibility index (Phi) is 6.11. The second-order valence-electron chi connectivity index (χ2n) is 5.50. The van der Waals surface area contributed by atoms with Crippen LogP contribution in [0.1, 0.15) is 25.3 Å². The minimum atomic E-state index is -0.814. The second kappa shape index (κ2) is 8.29. The maximum atomic E-state index is 11.7. The molecule has 0 fully saturated rings. The Morgan fingerprint density at radius 3 is 2.70 bits per heavy atom. The Hall–Kier alpha value is -2.40. The van der Waals surface area contributed by atoms with E-state index in [1.165, 1.54) is 11.0 Å². The molecule has 2 N–H and O–H groups in total. The fourth-order valence-corrected chi connectivity index (χ4v) is 2.38. The van der Waals surface area contributed by atoms with Gasteiger partial charge in [-0.25, -0.2) is 0 Å². The van der Waals surface area contributed by atoms with Gasteiger partial charge in [-0.1, -0.05) is 30.3 Å². The molecule has 5 heteroatoms. The van der Waals surface area contributed by atoms with E-state index >= 15 is 0 Å². The van der Waals surface area contributed by atoms with E-state index in [9.17, 15) is 14.7 Å². The highest BCUT2D eigenvalue weighted by Gasteiger charge is 2.27. The van der Waals surface area contributed by atoms with Crippen molar-refractivity contribution in [2.45, 2.75) is 26.0 Å². The van der Waals surface area contributed by atoms with E-state index in [0.717, 1.165) is 18.4 Å². The molecule has 0 aromatic heterocycles. The predicted molar refractivity (Wildman–Crippen MR) is 89.2 cm³/mol. The maximum Gasteiger partial charge on any atom is 0.251 e. The highest BCUT2D eigenvalue weighted by atomic mass is 16.3. The number of hydrogen-bond donors (Lipinski definition) is 2. The van der Waals surface area contributed by atoms with Crippen molar-refractivity contribution < 1.29 is 14.7 Å². The van der Waals surface area contributed by atoms with Crippen molar-refractivity contribution in [3.05, 3.63) is 53.6 Å². The molecule has 0 aliphatic carbocycles. The van der Waals surface area contributed by atoms with Crippen molar-refractivity contribution in [3.8, 4) is 0 Å². The van der Waals surface area contributed by atoms with Gasteiger partial charge in [0, 0.05) is 24.7 Å². The van der Waals surface area contributed by atoms with Crippen molar-refractivity contribution in [2.75, 3.05) is 13.1 Å². The second-order valence-corrected chi connectivity index (χ2v) is 5.50. The van der Waals surface area contributed by atoms with E-state index in [-0.39, 0.29) is 11.8 Å². The molecule has 0 saturated carbocycles. The summed E-state index contributed by atoms with van der Waals surface area (Å²) in [4.78, 5) is 24.8. The van der Waals surface area contributed by atoms with Crippen LogP contribution in [0, 0.1) is 0 Å². The first kappa shape index (κ1) is 17.0. The number of carbonyl (C=O) groups is 2. The van der Waals surface area contributed by atoms with E-state index in [0.29, 0.717) is 18.7 Å². The highest BCUT2D eigenvalue weighted by Crippen LogP contribution is 2.16. The number of aliphatic hydroxyl groups excluding tert-OH is 1. The molecular formula is C18H22N2O3. The third kappa shape index (κ3) is 5.07. The van der Waals surface area contributed by atoms with Crippen LogP contribution < -0.4 is 5.32 Å². The summed E-state index contributed by atoms with van der Waals surface area (Å²) in [5.41, 5.74) is 1.56. The van der Waals surface area contributed by atoms with Crippen molar-refractivity contribution in [1.82, 2.24) is 10.2 Å². The van der Waals surface area contributed by atoms with Gasteiger partial charge in [0.25, 0.3) is 5.91 Å². The Morgan fingerprint density at radius 2 is 2.04 bits per heavy atom. The van der Waals surface area contributed by atoms with Gasteiger partial charge in [0.2, 0.25) is 5.91 Å². The third-order valence-electron chi connectivity index (χ3n) is 3.67. The zero-order valence-electron chi connectivity index (χ0n) is 13.2. The van der Waals surface area contributed by atoms with Gasteiger partial charge in [0.15, 0.2) is 0 Å². The molecule has 1 aromatic carbocycles. The van der Waals surface area contributed by atoms with Crippen molar-refractivity contribution in [2.24, 2.45) is 0 Å². The van der Waals surface area contributed by atoms with Crippen LogP contribution in [0.4, 0.5) is 0 Å². The van der Waals surface area contributed by atoms with Gasteiger partial charge >= 0.3 is 0 Å². The summed E-state index contributed by atoms with van der Waals surface area (Å²) in [5, 5.41) is 12.5. The van der Waals surface area contributed by atoms with Gasteiger partial charge in [-0.15, -0.1) is 0 Å². The van der Waals surface area contributed by atoms with Crippen LogP contribution in [0.3, 0.4) is 0 Å². The summed E-state index contributed by atoms with van der Waals surface area (Å²) in [6.45, 7) is 2.73. The van der Waals surface area contributed by atoms with Gasteiger partial charge < -0.3 is 15.3 Å². The molecule has 0 bridgehead atoms. The molecule has 0 radical (unpaired) electrons. The van der Waals surface area contributed by atoms with E-state index in [1.54, 1.807) is 19.1 Å². The molecule has 2 amide bonds. The predicted octanol–water partition coefficient (Wildman–Crippen LogP) is 1.70. The van der Waals surface area contributed by atoms with Crippen LogP contribution in [-0.2, 0) is 9.59 Å². The Balaban J connectivity index is 1.61. The molecule has 1 atom stereocenters. The molecule has 0 saturated heterocycles. The summed E-state index contributed by atoms with van der Waals surface area (Å²) in [6, 6.07) is 9.62. The van der Waals surface area contributed by atoms with Gasteiger partial charge in [-0.2, -0.15) is 0 Å². The largest absolute Gasteiger partial charge is 0.370 e. The Bertz CT molecular complexity index is 608. The van der Waals surface area contributed by atoms with Gasteiger partial charge in [-0.05, 0) is 37.5 Å². The minimum absolute atomic E-state index is 0.118. The Labute approximate surface area is 136 Å². The van der Waals surface area contributed by atoms with E-state index in [1.807, 2.05) is 30.3 Å². The van der Waals surface area contributed by atoms with E-state index in [4.69, 9.17) is 0 Å². The summed E-state index contributed by atoms with van der Waals surface area (Å²) in [5.74, 6) is -0.254. The molecule has 0 spiro atoms. The fraction of sp³-hybridized carbons (Fsp3) is 0.333. The molecule has 23 heavy (non-hydrogen) atoms. The monoisotopic (exact) mass is 314 g/mol. The standard InChI is InChI=1S/C18H22N2O3/c1-14-13-17(22)20(18(14)23)12-6-5-11-19-16(21)10-9-15-7-3-2-4-8-15/h2-4,7-10,13,17,22H,5-6,11-12H2,1H3,(H,19,21)/t17-/m0/s1. The van der Waals surface area contributed by atoms with Crippen LogP contribution in [0.5, 0.6) is 0 Å². The van der Waals surface area contributed by atoms with Crippen molar-refractivity contribution in [3.63, 3.8) is 0 Å². The van der Waals surface area contributed by atoms with Crippen LogP contribution in [0.25, 0.3) is 6.08 Å². The minimum Gasteiger partial charge on any atom is -0.370 e. The highest BCUT2D eigenvalue weighted by molar-refractivity contribution is 5.95. The Morgan fingerprint density at radius 1 is 1.30 bits per heavy atom. The van der Waals surface area contributed by atoms with Crippen molar-refractivity contribution in [1.29, 1.82) is 0 Å². The number of benzene rings is 1. The lowest BCUT2D eigenvalue weighted by molar-refractivity contribution is -0.131. The number of hydrogen-bond acceptors (Lipinski definition) is 3. The molecule has 1 heterocycles. The third-order valence-corrected chi connectivity index (χ3v) is 3.67. The molecule has 122 valence electrons. The van der Waals surface area contributed by atoms with Gasteiger partial charge in [-0.3, -0.25) is 9.59 Å². The quantitative estimate of drug-likeness (QED) is 0.594. The lowest BCUT2D eigenvalue weighted by Crippen LogP contribution is -2.35. The normalized spacial score (nSPS) is 17.7. The van der Waals surface area contributed by atoms with Gasteiger partial charge in [0.1, 0.15) is 6.23 Å². The molecule has 1 aromatic rings. The van der Waals surface area contributed by atoms with E-state index < -0.39 is 6.23 Å². The molecule has 5 nitrogen and oxygen atoms in total. The average molecular weight is 314 g/mol. The number of unbranched alkanes of at least 4 members (excludes halogenated alkanes) is 1. The lowest BCUT2D eigenvalue weighted by Gasteiger charge is -2.20. The molecule has 2 rings (SSSR count). The fourth-order valence-electron chi connectivity index (χ4n) is 2.38. The zero-order chi connectivity index (χ0) is 16.7. The summed E-state index contributed by atoms with van der Waals surface area (Å²) < 4.78 is 0. The summed E-state index contributed by atoms with van der Waals surface area (Å²) in [7, 11) is 0. The molecule has 0 unspecified atom stereocenters. The zero-order valence-corrected chi connectivity index (χ0v) is 13.2. The number of nitrogens with zero attached hydrogens (tertiary/aromatic N) is 1. The van der Waals surface area contributed by atoms with E-state index in [2.05, 4.69) is 5.32 Å². The first-order valence-corrected chi connectivity index (χ1v) is 7.76. The van der Waals surface area contributed by atoms with Crippen LogP contribution in [0.15, 0.2) is 48.1 Å². The topological polar surface area (TPSA) is 69.6 Å². The average Bonchev–Trinajstić information content (AvgIpc) is 2.79. The first-order chi connectivity index (χ1) is 11.1. The number of carbonyl (C=O) groups excluding carboxylic acids is 2. The smallest absolute Gasteiger partial charge is 0.251 e. The molecular weight excluding hydrogens is 292 g/mol. The summed E-state index contributed by atoms with van der Waals surface area (Å²) >= 11 is 0. The first-order valence-electron chi connectivity index (χ1n) is 7.76. The number of rotatable bonds is 7. The maximum absolute atomic E-state index is 11.7. The number of amides is 2.